The highest BCUT2D eigenvalue weighted by Crippen LogP contribution is 2.30. The van der Waals surface area contributed by atoms with Crippen molar-refractivity contribution in [3.63, 3.8) is 0 Å². The quantitative estimate of drug-likeness (QED) is 0.503. The Kier molecular flexibility index (Phi) is 7.27. The van der Waals surface area contributed by atoms with Crippen molar-refractivity contribution in [2.24, 2.45) is 0 Å². The smallest absolute Gasteiger partial charge is 0.338 e. The number of esters is 1. The molecule has 4 rings (SSSR count). The predicted molar refractivity (Wildman–Crippen MR) is 130 cm³/mol. The zero-order valence-electron chi connectivity index (χ0n) is 18.3. The van der Waals surface area contributed by atoms with E-state index in [-0.39, 0.29) is 17.7 Å². The Balaban J connectivity index is 1.61. The van der Waals surface area contributed by atoms with E-state index >= 15 is 0 Å². The van der Waals surface area contributed by atoms with Crippen molar-refractivity contribution in [1.82, 2.24) is 0 Å². The molecule has 3 aromatic rings. The Morgan fingerprint density at radius 2 is 1.73 bits per heavy atom. The van der Waals surface area contributed by atoms with Crippen molar-refractivity contribution in [3.8, 4) is 11.1 Å². The van der Waals surface area contributed by atoms with Gasteiger partial charge < -0.3 is 19.7 Å². The van der Waals surface area contributed by atoms with Crippen LogP contribution >= 0.6 is 11.6 Å². The number of nitrogens with one attached hydrogen (secondary N) is 1. The molecule has 0 saturated carbocycles. The standard InChI is InChI=1S/C26H25ClN2O4/c1-2-33-26(31)22-12-7-18(21-5-3-4-6-24(21)27)17-23(22)25(30)28-19-8-10-20(11-9-19)29-13-15-32-16-14-29/h3-12,17H,2,13-16H2,1H3,(H,28,30). The maximum atomic E-state index is 13.2. The Morgan fingerprint density at radius 3 is 2.42 bits per heavy atom. The summed E-state index contributed by atoms with van der Waals surface area (Å²) in [7, 11) is 0. The largest absolute Gasteiger partial charge is 0.462 e. The number of morpholine rings is 1. The number of carbonyl (C=O) groups is 2. The van der Waals surface area contributed by atoms with Crippen molar-refractivity contribution < 1.29 is 19.1 Å². The third kappa shape index (κ3) is 5.35. The molecule has 6 nitrogen and oxygen atoms in total. The van der Waals surface area contributed by atoms with Crippen molar-refractivity contribution in [3.05, 3.63) is 82.9 Å². The first-order valence-corrected chi connectivity index (χ1v) is 11.2. The van der Waals surface area contributed by atoms with Crippen LogP contribution in [0.5, 0.6) is 0 Å². The summed E-state index contributed by atoms with van der Waals surface area (Å²) in [5.74, 6) is -0.942. The number of hydrogen-bond acceptors (Lipinski definition) is 5. The Hall–Kier alpha value is -3.35. The van der Waals surface area contributed by atoms with E-state index < -0.39 is 11.9 Å². The molecule has 0 unspecified atom stereocenters. The van der Waals surface area contributed by atoms with Gasteiger partial charge in [0.2, 0.25) is 0 Å². The predicted octanol–water partition coefficient (Wildman–Crippen LogP) is 5.27. The first-order valence-electron chi connectivity index (χ1n) is 10.9. The number of halogens is 1. The van der Waals surface area contributed by atoms with Gasteiger partial charge in [0.1, 0.15) is 0 Å². The van der Waals surface area contributed by atoms with Crippen molar-refractivity contribution >= 4 is 34.9 Å². The topological polar surface area (TPSA) is 67.9 Å². The number of benzene rings is 3. The molecular weight excluding hydrogens is 440 g/mol. The highest BCUT2D eigenvalue weighted by atomic mass is 35.5. The molecule has 7 heteroatoms. The minimum atomic E-state index is -0.545. The lowest BCUT2D eigenvalue weighted by Gasteiger charge is -2.28. The molecule has 1 amide bonds. The second-order valence-corrected chi connectivity index (χ2v) is 7.97. The van der Waals surface area contributed by atoms with Crippen LogP contribution in [0.25, 0.3) is 11.1 Å². The van der Waals surface area contributed by atoms with E-state index in [1.807, 2.05) is 42.5 Å². The number of amides is 1. The first-order chi connectivity index (χ1) is 16.1. The number of rotatable bonds is 6. The van der Waals surface area contributed by atoms with Gasteiger partial charge in [0.05, 0.1) is 30.9 Å². The van der Waals surface area contributed by atoms with E-state index in [4.69, 9.17) is 21.1 Å². The van der Waals surface area contributed by atoms with E-state index in [2.05, 4.69) is 10.2 Å². The minimum absolute atomic E-state index is 0.204. The third-order valence-electron chi connectivity index (χ3n) is 5.45. The summed E-state index contributed by atoms with van der Waals surface area (Å²) in [5, 5.41) is 3.46. The fourth-order valence-electron chi connectivity index (χ4n) is 3.76. The van der Waals surface area contributed by atoms with Crippen LogP contribution in [-0.4, -0.2) is 44.8 Å². The highest BCUT2D eigenvalue weighted by molar-refractivity contribution is 6.33. The molecule has 1 fully saturated rings. The lowest BCUT2D eigenvalue weighted by molar-refractivity contribution is 0.0523. The van der Waals surface area contributed by atoms with Crippen LogP contribution in [0.1, 0.15) is 27.6 Å². The second kappa shape index (κ2) is 10.5. The maximum Gasteiger partial charge on any atom is 0.338 e. The average molecular weight is 465 g/mol. The van der Waals surface area contributed by atoms with E-state index in [0.29, 0.717) is 23.9 Å². The fourth-order valence-corrected chi connectivity index (χ4v) is 4.00. The maximum absolute atomic E-state index is 13.2. The molecule has 0 radical (unpaired) electrons. The minimum Gasteiger partial charge on any atom is -0.462 e. The number of hydrogen-bond donors (Lipinski definition) is 1. The molecule has 170 valence electrons. The van der Waals surface area contributed by atoms with Crippen LogP contribution in [0.2, 0.25) is 5.02 Å². The summed E-state index contributed by atoms with van der Waals surface area (Å²) in [4.78, 5) is 28.0. The monoisotopic (exact) mass is 464 g/mol. The Labute approximate surface area is 198 Å². The Bertz CT molecular complexity index is 1140. The van der Waals surface area contributed by atoms with Crippen LogP contribution in [0, 0.1) is 0 Å². The third-order valence-corrected chi connectivity index (χ3v) is 5.78. The molecule has 33 heavy (non-hydrogen) atoms. The molecule has 0 atom stereocenters. The number of anilines is 2. The normalized spacial score (nSPS) is 13.5. The van der Waals surface area contributed by atoms with E-state index in [1.54, 1.807) is 31.2 Å². The van der Waals surface area contributed by atoms with Crippen LogP contribution in [0.4, 0.5) is 11.4 Å². The molecule has 3 aromatic carbocycles. The zero-order chi connectivity index (χ0) is 23.2. The lowest BCUT2D eigenvalue weighted by Crippen LogP contribution is -2.36. The molecule has 0 aromatic heterocycles. The van der Waals surface area contributed by atoms with E-state index in [1.165, 1.54) is 0 Å². The molecule has 1 aliphatic rings. The summed E-state index contributed by atoms with van der Waals surface area (Å²) in [5.41, 5.74) is 3.65. The lowest BCUT2D eigenvalue weighted by atomic mass is 9.98. The number of nitrogens with zero attached hydrogens (tertiary/aromatic N) is 1. The SMILES string of the molecule is CCOC(=O)c1ccc(-c2ccccc2Cl)cc1C(=O)Nc1ccc(N2CCOCC2)cc1. The van der Waals surface area contributed by atoms with E-state index in [9.17, 15) is 9.59 Å². The molecule has 0 bridgehead atoms. The van der Waals surface area contributed by atoms with Crippen molar-refractivity contribution in [2.45, 2.75) is 6.92 Å². The zero-order valence-corrected chi connectivity index (χ0v) is 19.1. The highest BCUT2D eigenvalue weighted by Gasteiger charge is 2.20. The van der Waals surface area contributed by atoms with Crippen LogP contribution < -0.4 is 10.2 Å². The first kappa shape index (κ1) is 22.8. The fraction of sp³-hybridized carbons (Fsp3) is 0.231. The van der Waals surface area contributed by atoms with Gasteiger partial charge in [-0.05, 0) is 55.0 Å². The molecule has 1 N–H and O–H groups in total. The van der Waals surface area contributed by atoms with Gasteiger partial charge in [-0.3, -0.25) is 4.79 Å². The summed E-state index contributed by atoms with van der Waals surface area (Å²) in [6.07, 6.45) is 0. The van der Waals surface area contributed by atoms with Gasteiger partial charge >= 0.3 is 5.97 Å². The van der Waals surface area contributed by atoms with Crippen LogP contribution in [0.3, 0.4) is 0 Å². The molecule has 1 aliphatic heterocycles. The molecule has 0 spiro atoms. The summed E-state index contributed by atoms with van der Waals surface area (Å²) in [6, 6.07) is 20.0. The Morgan fingerprint density at radius 1 is 1.00 bits per heavy atom. The summed E-state index contributed by atoms with van der Waals surface area (Å²) >= 11 is 6.35. The molecule has 1 heterocycles. The average Bonchev–Trinajstić information content (AvgIpc) is 2.85. The van der Waals surface area contributed by atoms with Crippen molar-refractivity contribution in [1.29, 1.82) is 0 Å². The van der Waals surface area contributed by atoms with Gasteiger partial charge in [-0.25, -0.2) is 4.79 Å². The number of carbonyl (C=O) groups excluding carboxylic acids is 2. The molecule has 0 aliphatic carbocycles. The van der Waals surface area contributed by atoms with E-state index in [0.717, 1.165) is 29.9 Å². The second-order valence-electron chi connectivity index (χ2n) is 7.56. The van der Waals surface area contributed by atoms with Gasteiger partial charge in [0.15, 0.2) is 0 Å². The number of ether oxygens (including phenoxy) is 2. The van der Waals surface area contributed by atoms with Gasteiger partial charge in [0.25, 0.3) is 5.91 Å². The van der Waals surface area contributed by atoms with Gasteiger partial charge in [-0.2, -0.15) is 0 Å². The molecular formula is C26H25ClN2O4. The van der Waals surface area contributed by atoms with Crippen LogP contribution in [-0.2, 0) is 9.47 Å². The van der Waals surface area contributed by atoms with Gasteiger partial charge in [0, 0.05) is 35.1 Å². The van der Waals surface area contributed by atoms with Crippen molar-refractivity contribution in [2.75, 3.05) is 43.1 Å². The van der Waals surface area contributed by atoms with Gasteiger partial charge in [-0.1, -0.05) is 35.9 Å². The summed E-state index contributed by atoms with van der Waals surface area (Å²) < 4.78 is 10.6. The van der Waals surface area contributed by atoms with Crippen LogP contribution in [0.15, 0.2) is 66.7 Å². The molecule has 1 saturated heterocycles. The summed E-state index contributed by atoms with van der Waals surface area (Å²) in [6.45, 7) is 5.03. The van der Waals surface area contributed by atoms with Gasteiger partial charge in [-0.15, -0.1) is 0 Å².